The van der Waals surface area contributed by atoms with Crippen LogP contribution in [0.4, 0.5) is 39.5 Å². The van der Waals surface area contributed by atoms with Gasteiger partial charge in [0.25, 0.3) is 0 Å². The van der Waals surface area contributed by atoms with Gasteiger partial charge in [-0.15, -0.1) is 0 Å². The number of nitrogens with zero attached hydrogens (tertiary/aromatic N) is 2. The van der Waals surface area contributed by atoms with E-state index in [1.54, 1.807) is 31.2 Å². The number of hydrogen-bond acceptors (Lipinski definition) is 5. The van der Waals surface area contributed by atoms with Gasteiger partial charge in [-0.05, 0) is 55.3 Å². The third-order valence-corrected chi connectivity index (χ3v) is 5.77. The zero-order valence-electron chi connectivity index (χ0n) is 20.0. The minimum Gasteiger partial charge on any atom is -0.491 e. The van der Waals surface area contributed by atoms with Crippen molar-refractivity contribution >= 4 is 45.7 Å². The number of hydrogen-bond donors (Lipinski definition) is 3. The number of benzene rings is 3. The van der Waals surface area contributed by atoms with Crippen molar-refractivity contribution in [2.75, 3.05) is 29.1 Å². The van der Waals surface area contributed by atoms with Gasteiger partial charge in [0.15, 0.2) is 11.6 Å². The summed E-state index contributed by atoms with van der Waals surface area (Å²) >= 11 is 5.60. The SMILES string of the molecule is CCOc1cc2ncnc(NCCc3ccc(NC(=O)Nc4ccc(Cl)c(C(F)(F)F)c4)cc3)c2cc1F. The molecule has 0 aliphatic heterocycles. The summed E-state index contributed by atoms with van der Waals surface area (Å²) in [5, 5.41) is 8.19. The molecule has 0 aliphatic rings. The average molecular weight is 548 g/mol. The van der Waals surface area contributed by atoms with Crippen molar-refractivity contribution in [2.24, 2.45) is 0 Å². The van der Waals surface area contributed by atoms with Crippen molar-refractivity contribution < 1.29 is 27.1 Å². The van der Waals surface area contributed by atoms with E-state index in [0.717, 1.165) is 17.7 Å². The molecule has 0 spiro atoms. The number of urea groups is 1. The first-order valence-corrected chi connectivity index (χ1v) is 11.9. The molecule has 1 aromatic heterocycles. The average Bonchev–Trinajstić information content (AvgIpc) is 2.86. The summed E-state index contributed by atoms with van der Waals surface area (Å²) in [7, 11) is 0. The Morgan fingerprint density at radius 2 is 1.71 bits per heavy atom. The molecular weight excluding hydrogens is 526 g/mol. The molecule has 4 rings (SSSR count). The Balaban J connectivity index is 1.33. The van der Waals surface area contributed by atoms with Crippen LogP contribution in [0.3, 0.4) is 0 Å². The fraction of sp³-hybridized carbons (Fsp3) is 0.192. The molecule has 0 saturated heterocycles. The lowest BCUT2D eigenvalue weighted by molar-refractivity contribution is -0.137. The molecule has 7 nitrogen and oxygen atoms in total. The van der Waals surface area contributed by atoms with Crippen molar-refractivity contribution in [3.05, 3.63) is 82.9 Å². The topological polar surface area (TPSA) is 88.2 Å². The van der Waals surface area contributed by atoms with E-state index in [-0.39, 0.29) is 11.4 Å². The summed E-state index contributed by atoms with van der Waals surface area (Å²) in [6.45, 7) is 2.60. The maximum atomic E-state index is 14.3. The lowest BCUT2D eigenvalue weighted by Gasteiger charge is -2.13. The third-order valence-electron chi connectivity index (χ3n) is 5.44. The molecule has 0 bridgehead atoms. The number of amides is 2. The molecule has 4 aromatic rings. The van der Waals surface area contributed by atoms with Crippen molar-refractivity contribution in [1.29, 1.82) is 0 Å². The van der Waals surface area contributed by atoms with Crippen LogP contribution in [-0.2, 0) is 12.6 Å². The van der Waals surface area contributed by atoms with Crippen LogP contribution in [0.15, 0.2) is 60.9 Å². The Morgan fingerprint density at radius 1 is 1.00 bits per heavy atom. The van der Waals surface area contributed by atoms with Gasteiger partial charge in [0.2, 0.25) is 0 Å². The van der Waals surface area contributed by atoms with Crippen LogP contribution in [-0.4, -0.2) is 29.2 Å². The molecule has 198 valence electrons. The molecule has 12 heteroatoms. The Morgan fingerprint density at radius 3 is 2.42 bits per heavy atom. The molecule has 3 N–H and O–H groups in total. The molecule has 0 radical (unpaired) electrons. The van der Waals surface area contributed by atoms with Gasteiger partial charge in [-0.3, -0.25) is 0 Å². The van der Waals surface area contributed by atoms with Gasteiger partial charge in [-0.1, -0.05) is 23.7 Å². The van der Waals surface area contributed by atoms with Crippen LogP contribution in [0.5, 0.6) is 5.75 Å². The molecule has 1 heterocycles. The van der Waals surface area contributed by atoms with Crippen LogP contribution in [0, 0.1) is 5.82 Å². The molecular formula is C26H22ClF4N5O2. The van der Waals surface area contributed by atoms with Crippen LogP contribution in [0.2, 0.25) is 5.02 Å². The third kappa shape index (κ3) is 6.60. The zero-order valence-corrected chi connectivity index (χ0v) is 20.8. The van der Waals surface area contributed by atoms with Crippen LogP contribution in [0.25, 0.3) is 10.9 Å². The van der Waals surface area contributed by atoms with Crippen molar-refractivity contribution in [3.63, 3.8) is 0 Å². The number of rotatable bonds is 8. The lowest BCUT2D eigenvalue weighted by Crippen LogP contribution is -2.20. The largest absolute Gasteiger partial charge is 0.491 e. The number of ether oxygens (including phenoxy) is 1. The summed E-state index contributed by atoms with van der Waals surface area (Å²) in [5.41, 5.74) is 0.860. The smallest absolute Gasteiger partial charge is 0.417 e. The maximum absolute atomic E-state index is 14.3. The van der Waals surface area contributed by atoms with Gasteiger partial charge < -0.3 is 20.7 Å². The summed E-state index contributed by atoms with van der Waals surface area (Å²) < 4.78 is 58.6. The number of fused-ring (bicyclic) bond motifs is 1. The highest BCUT2D eigenvalue weighted by molar-refractivity contribution is 6.31. The molecule has 0 saturated carbocycles. The fourth-order valence-corrected chi connectivity index (χ4v) is 3.88. The highest BCUT2D eigenvalue weighted by Gasteiger charge is 2.33. The molecule has 38 heavy (non-hydrogen) atoms. The van der Waals surface area contributed by atoms with Crippen LogP contribution >= 0.6 is 11.6 Å². The highest BCUT2D eigenvalue weighted by atomic mass is 35.5. The van der Waals surface area contributed by atoms with E-state index in [1.807, 2.05) is 0 Å². The van der Waals surface area contributed by atoms with Gasteiger partial charge in [0.05, 0.1) is 22.7 Å². The number of nitrogens with one attached hydrogen (secondary N) is 3. The summed E-state index contributed by atoms with van der Waals surface area (Å²) in [5.74, 6) is 0.121. The quantitative estimate of drug-likeness (QED) is 0.204. The standard InChI is InChI=1S/C26H22ClF4N5O2/c1-2-38-23-13-22-18(12-21(23)28)24(34-14-33-22)32-10-9-15-3-5-16(6-4-15)35-25(37)36-17-7-8-20(27)19(11-17)26(29,30)31/h3-8,11-14H,2,9-10H2,1H3,(H,32,33,34)(H2,35,36,37). The van der Waals surface area contributed by atoms with Gasteiger partial charge in [0, 0.05) is 29.4 Å². The minimum atomic E-state index is -4.64. The van der Waals surface area contributed by atoms with E-state index in [0.29, 0.717) is 42.0 Å². The van der Waals surface area contributed by atoms with Gasteiger partial charge >= 0.3 is 12.2 Å². The summed E-state index contributed by atoms with van der Waals surface area (Å²) in [4.78, 5) is 20.6. The Bertz CT molecular complexity index is 1450. The van der Waals surface area contributed by atoms with E-state index < -0.39 is 28.6 Å². The van der Waals surface area contributed by atoms with Gasteiger partial charge in [-0.25, -0.2) is 19.2 Å². The monoisotopic (exact) mass is 547 g/mol. The van der Waals surface area contributed by atoms with Crippen molar-refractivity contribution in [1.82, 2.24) is 9.97 Å². The van der Waals surface area contributed by atoms with E-state index in [1.165, 1.54) is 24.5 Å². The van der Waals surface area contributed by atoms with Crippen LogP contribution in [0.1, 0.15) is 18.1 Å². The van der Waals surface area contributed by atoms with Crippen molar-refractivity contribution in [2.45, 2.75) is 19.5 Å². The van der Waals surface area contributed by atoms with Gasteiger partial charge in [-0.2, -0.15) is 13.2 Å². The molecule has 3 aromatic carbocycles. The second-order valence-electron chi connectivity index (χ2n) is 8.10. The Labute approximate surface area is 220 Å². The Hall–Kier alpha value is -4.12. The number of carbonyl (C=O) groups excluding carboxylic acids is 1. The summed E-state index contributed by atoms with van der Waals surface area (Å²) in [6, 6.07) is 12.2. The van der Waals surface area contributed by atoms with E-state index in [2.05, 4.69) is 25.9 Å². The predicted octanol–water partition coefficient (Wildman–Crippen LogP) is 7.14. The summed E-state index contributed by atoms with van der Waals surface area (Å²) in [6.07, 6.45) is -2.65. The number of aromatic nitrogens is 2. The van der Waals surface area contributed by atoms with E-state index >= 15 is 0 Å². The number of alkyl halides is 3. The lowest BCUT2D eigenvalue weighted by atomic mass is 10.1. The first-order chi connectivity index (χ1) is 18.1. The zero-order chi connectivity index (χ0) is 27.3. The normalized spacial score (nSPS) is 11.3. The van der Waals surface area contributed by atoms with Crippen molar-refractivity contribution in [3.8, 4) is 5.75 Å². The fourth-order valence-electron chi connectivity index (χ4n) is 3.66. The highest BCUT2D eigenvalue weighted by Crippen LogP contribution is 2.36. The molecule has 2 amide bonds. The molecule has 0 aliphatic carbocycles. The maximum Gasteiger partial charge on any atom is 0.417 e. The van der Waals surface area contributed by atoms with E-state index in [4.69, 9.17) is 16.3 Å². The second-order valence-corrected chi connectivity index (χ2v) is 8.51. The molecule has 0 fully saturated rings. The Kier molecular flexibility index (Phi) is 8.16. The van der Waals surface area contributed by atoms with E-state index in [9.17, 15) is 22.4 Å². The first kappa shape index (κ1) is 26.9. The number of halogens is 5. The minimum absolute atomic E-state index is 0.0480. The number of carbonyl (C=O) groups is 1. The number of anilines is 3. The molecule has 0 unspecified atom stereocenters. The first-order valence-electron chi connectivity index (χ1n) is 11.5. The second kappa shape index (κ2) is 11.5. The molecule has 0 atom stereocenters. The predicted molar refractivity (Wildman–Crippen MR) is 138 cm³/mol. The van der Waals surface area contributed by atoms with Crippen LogP contribution < -0.4 is 20.7 Å². The van der Waals surface area contributed by atoms with Gasteiger partial charge in [0.1, 0.15) is 12.1 Å².